The van der Waals surface area contributed by atoms with E-state index in [1.165, 1.54) is 17.8 Å². The van der Waals surface area contributed by atoms with Gasteiger partial charge < -0.3 is 24.9 Å². The van der Waals surface area contributed by atoms with Crippen molar-refractivity contribution in [3.8, 4) is 5.75 Å². The van der Waals surface area contributed by atoms with Crippen molar-refractivity contribution in [1.29, 1.82) is 0 Å². The second-order valence-corrected chi connectivity index (χ2v) is 9.90. The van der Waals surface area contributed by atoms with Crippen LogP contribution in [0.2, 0.25) is 0 Å². The van der Waals surface area contributed by atoms with Gasteiger partial charge in [0.15, 0.2) is 5.78 Å². The van der Waals surface area contributed by atoms with Crippen LogP contribution in [0.1, 0.15) is 42.6 Å². The van der Waals surface area contributed by atoms with Crippen LogP contribution in [-0.4, -0.2) is 53.5 Å². The van der Waals surface area contributed by atoms with Crippen molar-refractivity contribution in [2.45, 2.75) is 32.7 Å². The lowest BCUT2D eigenvalue weighted by atomic mass is 10.1. The number of ether oxygens (including phenoxy) is 1. The Morgan fingerprint density at radius 1 is 1.08 bits per heavy atom. The van der Waals surface area contributed by atoms with Crippen LogP contribution in [-0.2, 0) is 9.59 Å². The van der Waals surface area contributed by atoms with Crippen LogP contribution in [0.4, 0.5) is 5.69 Å². The van der Waals surface area contributed by atoms with Gasteiger partial charge in [0.2, 0.25) is 0 Å². The van der Waals surface area contributed by atoms with Gasteiger partial charge in [-0.1, -0.05) is 18.2 Å². The van der Waals surface area contributed by atoms with E-state index in [0.717, 1.165) is 18.8 Å². The number of benzene rings is 2. The molecule has 2 aromatic carbocycles. The highest BCUT2D eigenvalue weighted by Gasteiger charge is 2.13. The molecule has 1 aromatic heterocycles. The molecular weight excluding hydrogens is 520 g/mol. The molecule has 206 valence electrons. The number of hydrogen-bond acceptors (Lipinski definition) is 9. The molecule has 0 aliphatic rings. The third-order valence-electron chi connectivity index (χ3n) is 5.99. The summed E-state index contributed by atoms with van der Waals surface area (Å²) in [6.07, 6.45) is 3.38. The van der Waals surface area contributed by atoms with Gasteiger partial charge in [-0.3, -0.25) is 14.4 Å². The summed E-state index contributed by atoms with van der Waals surface area (Å²) in [6.45, 7) is 5.74. The number of hydrogen-bond donors (Lipinski definition) is 2. The molecule has 0 fully saturated rings. The molecule has 3 aromatic rings. The van der Waals surface area contributed by atoms with Crippen molar-refractivity contribution >= 4 is 52.2 Å². The molecule has 1 atom stereocenters. The van der Waals surface area contributed by atoms with Gasteiger partial charge >= 0.3 is 17.6 Å². The number of nitrogens with zero attached hydrogens (tertiary/aromatic N) is 1. The number of carbonyl (C=O) groups is 3. The molecule has 0 radical (unpaired) electrons. The van der Waals surface area contributed by atoms with Crippen LogP contribution >= 0.6 is 11.8 Å². The van der Waals surface area contributed by atoms with E-state index in [1.54, 1.807) is 42.5 Å². The molecule has 0 unspecified atom stereocenters. The molecule has 0 spiro atoms. The predicted molar refractivity (Wildman–Crippen MR) is 154 cm³/mol. The molecule has 0 bridgehead atoms. The predicted octanol–water partition coefficient (Wildman–Crippen LogP) is 4.37. The molecule has 3 rings (SSSR count). The number of esters is 1. The van der Waals surface area contributed by atoms with Gasteiger partial charge in [0.1, 0.15) is 22.9 Å². The van der Waals surface area contributed by atoms with E-state index in [2.05, 4.69) is 4.90 Å². The smallest absolute Gasteiger partial charge is 0.347 e. The Balaban J connectivity index is 1.55. The first kappa shape index (κ1) is 29.7. The fourth-order valence-electron chi connectivity index (χ4n) is 3.74. The minimum Gasteiger partial charge on any atom is -0.480 e. The first-order chi connectivity index (χ1) is 18.7. The Morgan fingerprint density at radius 2 is 1.79 bits per heavy atom. The standard InChI is InChI=1S/C29H32N2O7S/c1-3-31(4-2)21-9-8-20-17-23(29(36)38-26(20)18-21)25(32)12-7-19-5-10-22(11-6-19)37-27(33)14-16-39-15-13-24(30)28(34)35/h5-12,17-18,24H,3-4,13-16,30H2,1-2H3,(H,34,35)/b12-7+/t24-/m0/s1. The number of thioether (sulfide) groups is 1. The van der Waals surface area contributed by atoms with E-state index >= 15 is 0 Å². The average Bonchev–Trinajstić information content (AvgIpc) is 2.92. The minimum absolute atomic E-state index is 0.0531. The van der Waals surface area contributed by atoms with E-state index < -0.39 is 29.4 Å². The number of ketones is 1. The lowest BCUT2D eigenvalue weighted by molar-refractivity contribution is -0.138. The van der Waals surface area contributed by atoms with Crippen LogP contribution in [0, 0.1) is 0 Å². The maximum atomic E-state index is 12.7. The zero-order valence-electron chi connectivity index (χ0n) is 21.9. The monoisotopic (exact) mass is 552 g/mol. The van der Waals surface area contributed by atoms with Gasteiger partial charge in [0.05, 0.1) is 6.42 Å². The summed E-state index contributed by atoms with van der Waals surface area (Å²) in [5, 5.41) is 9.42. The largest absolute Gasteiger partial charge is 0.480 e. The van der Waals surface area contributed by atoms with Crippen LogP contribution in [0.3, 0.4) is 0 Å². The molecular formula is C29H32N2O7S. The van der Waals surface area contributed by atoms with Crippen molar-refractivity contribution in [2.75, 3.05) is 29.5 Å². The maximum absolute atomic E-state index is 12.7. The number of aliphatic carboxylic acids is 1. The lowest BCUT2D eigenvalue weighted by Gasteiger charge is -2.20. The van der Waals surface area contributed by atoms with E-state index in [-0.39, 0.29) is 12.0 Å². The zero-order valence-corrected chi connectivity index (χ0v) is 22.7. The highest BCUT2D eigenvalue weighted by molar-refractivity contribution is 7.99. The number of anilines is 1. The van der Waals surface area contributed by atoms with Gasteiger partial charge in [0.25, 0.3) is 0 Å². The first-order valence-corrected chi connectivity index (χ1v) is 13.8. The zero-order chi connectivity index (χ0) is 28.4. The average molecular weight is 553 g/mol. The fourth-order valence-corrected chi connectivity index (χ4v) is 4.68. The molecule has 3 N–H and O–H groups in total. The van der Waals surface area contributed by atoms with Gasteiger partial charge in [-0.2, -0.15) is 11.8 Å². The molecule has 10 heteroatoms. The Bertz CT molecular complexity index is 1400. The van der Waals surface area contributed by atoms with Gasteiger partial charge in [-0.15, -0.1) is 0 Å². The molecule has 0 aliphatic carbocycles. The number of fused-ring (bicyclic) bond motifs is 1. The van der Waals surface area contributed by atoms with Gasteiger partial charge in [-0.25, -0.2) is 4.79 Å². The highest BCUT2D eigenvalue weighted by atomic mass is 32.2. The van der Waals surface area contributed by atoms with E-state index in [1.807, 2.05) is 26.0 Å². The molecule has 39 heavy (non-hydrogen) atoms. The SMILES string of the molecule is CCN(CC)c1ccc2cc(C(=O)/C=C/c3ccc(OC(=O)CCSCC[C@H](N)C(=O)O)cc3)c(=O)oc2c1. The van der Waals surface area contributed by atoms with Crippen LogP contribution < -0.4 is 21.0 Å². The van der Waals surface area contributed by atoms with E-state index in [4.69, 9.17) is 20.0 Å². The van der Waals surface area contributed by atoms with E-state index in [9.17, 15) is 19.2 Å². The van der Waals surface area contributed by atoms with Crippen LogP contribution in [0.5, 0.6) is 5.75 Å². The molecule has 9 nitrogen and oxygen atoms in total. The number of carboxylic acid groups (broad SMARTS) is 1. The molecule has 0 saturated carbocycles. The summed E-state index contributed by atoms with van der Waals surface area (Å²) in [6, 6.07) is 12.8. The van der Waals surface area contributed by atoms with Crippen LogP contribution in [0.25, 0.3) is 17.0 Å². The normalized spacial score (nSPS) is 12.0. The Morgan fingerprint density at radius 3 is 2.46 bits per heavy atom. The van der Waals surface area contributed by atoms with E-state index in [0.29, 0.717) is 40.2 Å². The minimum atomic E-state index is -1.04. The second kappa shape index (κ2) is 14.3. The summed E-state index contributed by atoms with van der Waals surface area (Å²) >= 11 is 1.44. The summed E-state index contributed by atoms with van der Waals surface area (Å²) in [7, 11) is 0. The number of carbonyl (C=O) groups excluding carboxylic acids is 2. The number of nitrogens with two attached hydrogens (primary N) is 1. The van der Waals surface area contributed by atoms with Crippen molar-refractivity contribution in [2.24, 2.45) is 5.73 Å². The quantitative estimate of drug-likeness (QED) is 0.0740. The topological polar surface area (TPSA) is 140 Å². The maximum Gasteiger partial charge on any atom is 0.347 e. The first-order valence-electron chi connectivity index (χ1n) is 12.6. The highest BCUT2D eigenvalue weighted by Crippen LogP contribution is 2.22. The molecule has 0 amide bonds. The van der Waals surface area contributed by atoms with Crippen molar-refractivity contribution in [3.63, 3.8) is 0 Å². The molecule has 0 aliphatic heterocycles. The third kappa shape index (κ3) is 8.56. The third-order valence-corrected chi connectivity index (χ3v) is 7.01. The Hall–Kier alpha value is -3.89. The van der Waals surface area contributed by atoms with Crippen molar-refractivity contribution in [1.82, 2.24) is 0 Å². The van der Waals surface area contributed by atoms with Crippen molar-refractivity contribution in [3.05, 3.63) is 76.2 Å². The number of carboxylic acids is 1. The second-order valence-electron chi connectivity index (χ2n) is 8.68. The summed E-state index contributed by atoms with van der Waals surface area (Å²) in [5.74, 6) is -0.526. The number of rotatable bonds is 14. The number of allylic oxidation sites excluding steroid dienone is 1. The van der Waals surface area contributed by atoms with Gasteiger partial charge in [0, 0.05) is 36.0 Å². The Kier molecular flexibility index (Phi) is 10.9. The molecule has 1 heterocycles. The summed E-state index contributed by atoms with van der Waals surface area (Å²) in [4.78, 5) is 50.1. The van der Waals surface area contributed by atoms with Crippen molar-refractivity contribution < 1.29 is 28.6 Å². The summed E-state index contributed by atoms with van der Waals surface area (Å²) < 4.78 is 10.7. The summed E-state index contributed by atoms with van der Waals surface area (Å²) in [5.41, 5.74) is 6.75. The van der Waals surface area contributed by atoms with Gasteiger partial charge in [-0.05, 0) is 68.0 Å². The van der Waals surface area contributed by atoms with Crippen LogP contribution in [0.15, 0.2) is 63.8 Å². The lowest BCUT2D eigenvalue weighted by Crippen LogP contribution is -2.30. The molecule has 0 saturated heterocycles. The fraction of sp³-hybridized carbons (Fsp3) is 0.310. The Labute approximate surface area is 230 Å².